The number of allylic oxidation sites excluding steroid dienone is 4. The Morgan fingerprint density at radius 2 is 0.870 bits per heavy atom. The average Bonchev–Trinajstić information content (AvgIpc) is 1.58. The highest BCUT2D eigenvalue weighted by Gasteiger charge is 2.63. The van der Waals surface area contributed by atoms with Crippen LogP contribution in [-0.4, -0.2) is 141 Å². The minimum absolute atomic E-state index is 0.0121. The Bertz CT molecular complexity index is 4280. The van der Waals surface area contributed by atoms with Crippen LogP contribution in [0.2, 0.25) is 0 Å². The summed E-state index contributed by atoms with van der Waals surface area (Å²) in [6.07, 6.45) is 14.2. The van der Waals surface area contributed by atoms with E-state index in [1.165, 1.54) is 9.36 Å². The number of ether oxygens (including phenoxy) is 2. The van der Waals surface area contributed by atoms with Crippen LogP contribution in [0.25, 0.3) is 21.5 Å². The monoisotopic (exact) mass is 1530 g/mol. The predicted molar refractivity (Wildman–Crippen MR) is 410 cm³/mol. The first-order chi connectivity index (χ1) is 50.8. The van der Waals surface area contributed by atoms with Gasteiger partial charge in [-0.3, -0.25) is 57.4 Å². The highest BCUT2D eigenvalue weighted by molar-refractivity contribution is 7.91. The van der Waals surface area contributed by atoms with Crippen molar-refractivity contribution in [1.82, 2.24) is 38.8 Å². The third-order valence-corrected chi connectivity index (χ3v) is 27.1. The lowest BCUT2D eigenvalue weighted by Crippen LogP contribution is -2.47. The van der Waals surface area contributed by atoms with Gasteiger partial charge in [0.1, 0.15) is 23.8 Å². The largest absolute Gasteiger partial charge is 0.471 e. The van der Waals surface area contributed by atoms with E-state index < -0.39 is 89.3 Å². The van der Waals surface area contributed by atoms with E-state index in [1.54, 1.807) is 58.3 Å². The first-order valence-corrected chi connectivity index (χ1v) is 42.4. The van der Waals surface area contributed by atoms with E-state index in [2.05, 4.69) is 33.5 Å². The molecule has 108 heavy (non-hydrogen) atoms. The molecule has 588 valence electrons. The number of ketones is 4. The number of carbonyl (C=O) groups is 8. The number of aromatic nitrogens is 4. The highest BCUT2D eigenvalue weighted by Crippen LogP contribution is 2.59. The molecular formula is C82H112N8O16S2. The molecule has 2 N–H and O–H groups in total. The van der Waals surface area contributed by atoms with Gasteiger partial charge in [0, 0.05) is 76.3 Å². The predicted octanol–water partition coefficient (Wildman–Crippen LogP) is 10.7. The van der Waals surface area contributed by atoms with Crippen molar-refractivity contribution in [3.8, 4) is 11.8 Å². The first-order valence-electron chi connectivity index (χ1n) is 39.3. The molecule has 0 bridgehead atoms. The second-order valence-corrected chi connectivity index (χ2v) is 39.2. The first kappa shape index (κ1) is 81.3. The molecular weight excluding hydrogens is 1420 g/mol. The summed E-state index contributed by atoms with van der Waals surface area (Å²) in [7, 11) is -7.71. The van der Waals surface area contributed by atoms with Crippen molar-refractivity contribution in [3.05, 3.63) is 93.5 Å². The van der Waals surface area contributed by atoms with Gasteiger partial charge in [-0.25, -0.2) is 26.2 Å². The van der Waals surface area contributed by atoms with Gasteiger partial charge >= 0.3 is 0 Å². The summed E-state index contributed by atoms with van der Waals surface area (Å²) in [6.45, 7) is 24.6. The van der Waals surface area contributed by atoms with Gasteiger partial charge in [0.2, 0.25) is 55.4 Å². The summed E-state index contributed by atoms with van der Waals surface area (Å²) in [5.74, 6) is -4.05. The Morgan fingerprint density at radius 1 is 0.519 bits per heavy atom. The molecule has 0 unspecified atom stereocenters. The Morgan fingerprint density at radius 3 is 1.20 bits per heavy atom. The van der Waals surface area contributed by atoms with Crippen LogP contribution in [0.5, 0.6) is 11.8 Å². The molecule has 8 aliphatic rings. The van der Waals surface area contributed by atoms with Crippen LogP contribution in [0.3, 0.4) is 0 Å². The van der Waals surface area contributed by atoms with Crippen molar-refractivity contribution in [2.75, 3.05) is 13.1 Å². The summed E-state index contributed by atoms with van der Waals surface area (Å²) >= 11 is 0. The topological polar surface area (TPSA) is 324 Å². The molecule has 4 saturated carbocycles. The van der Waals surface area contributed by atoms with Crippen molar-refractivity contribution in [2.24, 2.45) is 69.0 Å². The van der Waals surface area contributed by atoms with E-state index in [9.17, 15) is 64.8 Å². The molecule has 4 aliphatic carbocycles. The lowest BCUT2D eigenvalue weighted by Gasteiger charge is -2.32. The molecule has 0 radical (unpaired) electrons. The fourth-order valence-corrected chi connectivity index (χ4v) is 19.9. The van der Waals surface area contributed by atoms with Gasteiger partial charge in [-0.1, -0.05) is 118 Å². The number of nitrogens with zero attached hydrogens (tertiary/aromatic N) is 6. The van der Waals surface area contributed by atoms with E-state index in [1.807, 2.05) is 93.5 Å². The van der Waals surface area contributed by atoms with Crippen LogP contribution in [-0.2, 0) is 71.5 Å². The number of rotatable bonds is 18. The summed E-state index contributed by atoms with van der Waals surface area (Å²) in [4.78, 5) is 143. The molecule has 6 heterocycles. The van der Waals surface area contributed by atoms with Gasteiger partial charge in [0.15, 0.2) is 11.6 Å². The number of aryl methyl sites for hydroxylation is 2. The van der Waals surface area contributed by atoms with Crippen molar-refractivity contribution < 1.29 is 64.7 Å². The van der Waals surface area contributed by atoms with Crippen molar-refractivity contribution in [2.45, 2.75) is 259 Å². The van der Waals surface area contributed by atoms with Crippen LogP contribution < -0.4 is 30.0 Å². The van der Waals surface area contributed by atoms with Crippen LogP contribution in [0.15, 0.2) is 82.4 Å². The van der Waals surface area contributed by atoms with E-state index >= 15 is 0 Å². The zero-order chi connectivity index (χ0) is 78.3. The maximum Gasteiger partial charge on any atom is 0.274 e. The third-order valence-electron chi connectivity index (χ3n) is 23.5. The zero-order valence-corrected chi connectivity index (χ0v) is 66.6. The summed E-state index contributed by atoms with van der Waals surface area (Å²) in [5, 5.41) is 9.72. The second-order valence-electron chi connectivity index (χ2n) is 35.3. The van der Waals surface area contributed by atoms with Gasteiger partial charge in [-0.15, -0.1) is 10.2 Å². The van der Waals surface area contributed by atoms with E-state index in [0.717, 1.165) is 25.7 Å². The van der Waals surface area contributed by atoms with E-state index in [4.69, 9.17) is 9.47 Å². The molecule has 2 aromatic heterocycles. The number of Topliss-reactive ketones (excluding diaryl/α,β-unsaturated/α-hetero) is 4. The molecule has 2 aromatic carbocycles. The SMILES string of the molecule is CCn1nc(O[C@@H]2C[C@H]3C(=O)C[C@]4(C(=O)NS(=O)(=O)C5CC5)C[C@H]4/C=C\CC[C@@H](C)C[C@@H](C)[C@H](CC(=O)CC(C)(C)C)C(=O)N3C2)c2ccccc2c1=O.CCn1nc(O[C@@H]2C[C@H]3C(=O)C[C@]4(C(=O)NS(=O)(=O)C5CC5)C[C@H]4/C=C\CC[C@H](C)C[C@@H](C)[C@H](CC(=O)CC(C)(C)C)C(=O)N3C2)c2ccccc2c1=O. The summed E-state index contributed by atoms with van der Waals surface area (Å²) in [5.41, 5.74) is -3.53. The molecule has 2 saturated heterocycles. The maximum absolute atomic E-state index is 14.9. The Labute approximate surface area is 635 Å². The van der Waals surface area contributed by atoms with Crippen molar-refractivity contribution in [3.63, 3.8) is 0 Å². The van der Waals surface area contributed by atoms with Crippen LogP contribution in [0, 0.1) is 69.0 Å². The lowest BCUT2D eigenvalue weighted by atomic mass is 9.79. The lowest BCUT2D eigenvalue weighted by molar-refractivity contribution is -0.145. The Hall–Kier alpha value is -7.74. The van der Waals surface area contributed by atoms with Crippen LogP contribution in [0.4, 0.5) is 0 Å². The number of amides is 4. The molecule has 6 fully saturated rings. The standard InChI is InChI=1S/2C41H56N4O8S/c2*1-7-45-38(49)32-15-11-10-14-31(32)36(42-45)53-29-20-34-35(47)23-41(39(50)43-54(51,52)30-16-17-30)21-27(41)13-9-8-12-25(2)18-26(3)33(37(48)44(34)24-29)19-28(46)22-40(4,5)6/h2*9-11,13-15,25-27,29-30,33-34H,7-8,12,16-24H2,1-6H3,(H,43,50)/b2*13-9-/t25-,26+,27+,29+,33-,34-,41+;25-,26-,27-,29-,33+,34+,41-/m01/s1. The second kappa shape index (κ2) is 32.3. The van der Waals surface area contributed by atoms with Gasteiger partial charge in [-0.2, -0.15) is 0 Å². The van der Waals surface area contributed by atoms with Gasteiger partial charge in [0.25, 0.3) is 11.1 Å². The quantitative estimate of drug-likeness (QED) is 0.0874. The Balaban J connectivity index is 0.000000215. The van der Waals surface area contributed by atoms with E-state index in [-0.39, 0.29) is 156 Å². The number of hydrogen-bond acceptors (Lipinski definition) is 18. The smallest absolute Gasteiger partial charge is 0.274 e. The summed E-state index contributed by atoms with van der Waals surface area (Å²) < 4.78 is 71.9. The van der Waals surface area contributed by atoms with Crippen molar-refractivity contribution >= 4 is 88.4 Å². The minimum atomic E-state index is -3.86. The fourth-order valence-electron chi connectivity index (χ4n) is 17.1. The normalized spacial score (nSPS) is 30.1. The highest BCUT2D eigenvalue weighted by atomic mass is 32.2. The molecule has 0 spiro atoms. The molecule has 4 aromatic rings. The fraction of sp³-hybridized carbons (Fsp3) is 0.659. The number of nitrogens with one attached hydrogen (secondary N) is 2. The molecule has 24 nitrogen and oxygen atoms in total. The van der Waals surface area contributed by atoms with Gasteiger partial charge < -0.3 is 19.3 Å². The zero-order valence-electron chi connectivity index (χ0n) is 65.0. The van der Waals surface area contributed by atoms with E-state index in [0.29, 0.717) is 98.8 Å². The summed E-state index contributed by atoms with van der Waals surface area (Å²) in [6, 6.07) is 12.1. The van der Waals surface area contributed by atoms with Gasteiger partial charge in [0.05, 0.1) is 68.0 Å². The molecule has 26 heteroatoms. The molecule has 4 aliphatic heterocycles. The average molecular weight is 1530 g/mol. The molecule has 14 atom stereocenters. The number of hydrogen-bond donors (Lipinski definition) is 2. The minimum Gasteiger partial charge on any atom is -0.471 e. The number of benzene rings is 2. The van der Waals surface area contributed by atoms with Crippen molar-refractivity contribution in [1.29, 1.82) is 0 Å². The Kier molecular flexibility index (Phi) is 24.3. The molecule has 12 rings (SSSR count). The molecule has 4 amide bonds. The van der Waals surface area contributed by atoms with Gasteiger partial charge in [-0.05, 0) is 162 Å². The number of fused-ring (bicyclic) bond motifs is 6. The number of sulfonamides is 2. The van der Waals surface area contributed by atoms with Crippen LogP contribution in [0.1, 0.15) is 212 Å². The third kappa shape index (κ3) is 18.8. The number of carbonyl (C=O) groups excluding carboxylic acids is 8. The maximum atomic E-state index is 14.9. The van der Waals surface area contributed by atoms with Crippen LogP contribution >= 0.6 is 0 Å².